The highest BCUT2D eigenvalue weighted by Gasteiger charge is 2.43. The quantitative estimate of drug-likeness (QED) is 0.249. The van der Waals surface area contributed by atoms with Gasteiger partial charge in [-0.1, -0.05) is 84.4 Å². The van der Waals surface area contributed by atoms with Gasteiger partial charge in [0.1, 0.15) is 0 Å². The van der Waals surface area contributed by atoms with Gasteiger partial charge in [-0.2, -0.15) is 0 Å². The van der Waals surface area contributed by atoms with Crippen molar-refractivity contribution in [2.75, 3.05) is 0 Å². The van der Waals surface area contributed by atoms with Crippen LogP contribution in [0.4, 0.5) is 0 Å². The van der Waals surface area contributed by atoms with Crippen molar-refractivity contribution >= 4 is 34.2 Å². The third-order valence-corrected chi connectivity index (χ3v) is 6.89. The SMILES string of the molecule is Clc1ccc2c(c1)-c1cc(I)ccc1C2(Cc1ccccc1)Cc1ccccc1. The summed E-state index contributed by atoms with van der Waals surface area (Å²) in [6.07, 6.45) is 1.93. The summed E-state index contributed by atoms with van der Waals surface area (Å²) in [5, 5.41) is 0.795. The first kappa shape index (κ1) is 18.9. The molecule has 0 atom stereocenters. The van der Waals surface area contributed by atoms with E-state index in [1.807, 2.05) is 6.07 Å². The van der Waals surface area contributed by atoms with Gasteiger partial charge < -0.3 is 0 Å². The molecule has 0 amide bonds. The van der Waals surface area contributed by atoms with Crippen LogP contribution in [-0.4, -0.2) is 0 Å². The summed E-state index contributed by atoms with van der Waals surface area (Å²) in [6.45, 7) is 0. The van der Waals surface area contributed by atoms with Gasteiger partial charge in [-0.15, -0.1) is 0 Å². The topological polar surface area (TPSA) is 0 Å². The van der Waals surface area contributed by atoms with Crippen LogP contribution in [0.1, 0.15) is 22.3 Å². The molecule has 29 heavy (non-hydrogen) atoms. The van der Waals surface area contributed by atoms with Crippen LogP contribution in [0.15, 0.2) is 97.1 Å². The van der Waals surface area contributed by atoms with Crippen LogP contribution in [0.2, 0.25) is 5.02 Å². The Morgan fingerprint density at radius 1 is 0.621 bits per heavy atom. The van der Waals surface area contributed by atoms with Gasteiger partial charge in [-0.05, 0) is 93.1 Å². The lowest BCUT2D eigenvalue weighted by molar-refractivity contribution is 0.520. The van der Waals surface area contributed by atoms with Crippen molar-refractivity contribution in [2.24, 2.45) is 0 Å². The minimum absolute atomic E-state index is 0.109. The molecule has 0 fully saturated rings. The molecular formula is C27H20ClI. The van der Waals surface area contributed by atoms with Gasteiger partial charge in [0.2, 0.25) is 0 Å². The number of halogens is 2. The standard InChI is InChI=1S/C27H20ClI/c28-21-11-13-25-23(15-21)24-16-22(29)12-14-26(24)27(25,17-19-7-3-1-4-8-19)18-20-9-5-2-6-10-20/h1-16H,17-18H2. The zero-order valence-corrected chi connectivity index (χ0v) is 18.8. The van der Waals surface area contributed by atoms with Gasteiger partial charge in [0.25, 0.3) is 0 Å². The molecule has 4 aromatic carbocycles. The van der Waals surface area contributed by atoms with Crippen molar-refractivity contribution in [3.8, 4) is 11.1 Å². The van der Waals surface area contributed by atoms with E-state index in [1.165, 1.54) is 37.0 Å². The second-order valence-corrected chi connectivity index (χ2v) is 9.47. The second kappa shape index (κ2) is 7.62. The van der Waals surface area contributed by atoms with Gasteiger partial charge in [-0.3, -0.25) is 0 Å². The van der Waals surface area contributed by atoms with E-state index in [9.17, 15) is 0 Å². The Kier molecular flexibility index (Phi) is 4.97. The molecule has 0 heterocycles. The molecule has 0 radical (unpaired) electrons. The van der Waals surface area contributed by atoms with Crippen molar-refractivity contribution in [3.63, 3.8) is 0 Å². The predicted octanol–water partition coefficient (Wildman–Crippen LogP) is 7.70. The maximum atomic E-state index is 6.44. The third-order valence-electron chi connectivity index (χ3n) is 5.98. The van der Waals surface area contributed by atoms with Crippen LogP contribution in [0.5, 0.6) is 0 Å². The molecule has 0 spiro atoms. The van der Waals surface area contributed by atoms with Crippen LogP contribution < -0.4 is 0 Å². The largest absolute Gasteiger partial charge is 0.0843 e. The van der Waals surface area contributed by atoms with E-state index in [0.29, 0.717) is 0 Å². The molecule has 0 bridgehead atoms. The van der Waals surface area contributed by atoms with Crippen molar-refractivity contribution in [1.82, 2.24) is 0 Å². The highest BCUT2D eigenvalue weighted by molar-refractivity contribution is 14.1. The van der Waals surface area contributed by atoms with Crippen LogP contribution in [0, 0.1) is 3.57 Å². The zero-order valence-electron chi connectivity index (χ0n) is 15.9. The summed E-state index contributed by atoms with van der Waals surface area (Å²) in [5.74, 6) is 0. The van der Waals surface area contributed by atoms with E-state index < -0.39 is 0 Å². The minimum Gasteiger partial charge on any atom is -0.0843 e. The Labute approximate surface area is 190 Å². The summed E-state index contributed by atoms with van der Waals surface area (Å²) in [6, 6.07) is 35.0. The average molecular weight is 507 g/mol. The van der Waals surface area contributed by atoms with Crippen LogP contribution in [0.25, 0.3) is 11.1 Å². The van der Waals surface area contributed by atoms with E-state index in [1.54, 1.807) is 0 Å². The summed E-state index contributed by atoms with van der Waals surface area (Å²) in [7, 11) is 0. The maximum absolute atomic E-state index is 6.44. The Morgan fingerprint density at radius 3 is 1.72 bits per heavy atom. The van der Waals surface area contributed by atoms with Gasteiger partial charge in [0.15, 0.2) is 0 Å². The third kappa shape index (κ3) is 3.41. The molecule has 1 aliphatic carbocycles. The lowest BCUT2D eigenvalue weighted by Gasteiger charge is -2.33. The van der Waals surface area contributed by atoms with Crippen molar-refractivity contribution in [1.29, 1.82) is 0 Å². The Balaban J connectivity index is 1.77. The summed E-state index contributed by atoms with van der Waals surface area (Å²) >= 11 is 8.85. The molecule has 0 aromatic heterocycles. The first-order valence-electron chi connectivity index (χ1n) is 9.84. The molecule has 0 N–H and O–H groups in total. The molecule has 142 valence electrons. The van der Waals surface area contributed by atoms with Crippen molar-refractivity contribution in [3.05, 3.63) is 128 Å². The number of hydrogen-bond acceptors (Lipinski definition) is 0. The highest BCUT2D eigenvalue weighted by Crippen LogP contribution is 2.53. The van der Waals surface area contributed by atoms with E-state index >= 15 is 0 Å². The highest BCUT2D eigenvalue weighted by atomic mass is 127. The van der Waals surface area contributed by atoms with E-state index in [2.05, 4.69) is 114 Å². The smallest absolute Gasteiger partial charge is 0.0412 e. The molecule has 5 rings (SSSR count). The predicted molar refractivity (Wildman–Crippen MR) is 131 cm³/mol. The van der Waals surface area contributed by atoms with Crippen molar-refractivity contribution in [2.45, 2.75) is 18.3 Å². The summed E-state index contributed by atoms with van der Waals surface area (Å²) < 4.78 is 1.25. The fourth-order valence-electron chi connectivity index (χ4n) is 4.79. The van der Waals surface area contributed by atoms with E-state index in [4.69, 9.17) is 11.6 Å². The lowest BCUT2D eigenvalue weighted by atomic mass is 9.69. The van der Waals surface area contributed by atoms with Gasteiger partial charge in [0, 0.05) is 14.0 Å². The molecule has 2 heteroatoms. The van der Waals surface area contributed by atoms with Crippen LogP contribution in [-0.2, 0) is 18.3 Å². The van der Waals surface area contributed by atoms with Crippen LogP contribution >= 0.6 is 34.2 Å². The van der Waals surface area contributed by atoms with E-state index in [-0.39, 0.29) is 5.41 Å². The molecule has 0 saturated carbocycles. The molecule has 0 aliphatic heterocycles. The number of benzene rings is 4. The average Bonchev–Trinajstić information content (AvgIpc) is 2.98. The minimum atomic E-state index is -0.109. The zero-order chi connectivity index (χ0) is 19.8. The first-order valence-corrected chi connectivity index (χ1v) is 11.3. The molecule has 0 unspecified atom stereocenters. The van der Waals surface area contributed by atoms with Gasteiger partial charge in [-0.25, -0.2) is 0 Å². The van der Waals surface area contributed by atoms with Crippen LogP contribution in [0.3, 0.4) is 0 Å². The fourth-order valence-corrected chi connectivity index (χ4v) is 5.45. The van der Waals surface area contributed by atoms with Crippen molar-refractivity contribution < 1.29 is 0 Å². The molecule has 0 saturated heterocycles. The Bertz CT molecular complexity index is 1070. The van der Waals surface area contributed by atoms with Gasteiger partial charge >= 0.3 is 0 Å². The number of hydrogen-bond donors (Lipinski definition) is 0. The van der Waals surface area contributed by atoms with E-state index in [0.717, 1.165) is 17.9 Å². The molecule has 1 aliphatic rings. The van der Waals surface area contributed by atoms with Gasteiger partial charge in [0.05, 0.1) is 0 Å². The maximum Gasteiger partial charge on any atom is 0.0412 e. The molecular weight excluding hydrogens is 487 g/mol. The second-order valence-electron chi connectivity index (χ2n) is 7.79. The molecule has 4 aromatic rings. The normalized spacial score (nSPS) is 13.7. The lowest BCUT2D eigenvalue weighted by Crippen LogP contribution is -2.31. The summed E-state index contributed by atoms with van der Waals surface area (Å²) in [4.78, 5) is 0. The summed E-state index contributed by atoms with van der Waals surface area (Å²) in [5.41, 5.74) is 7.99. The fraction of sp³-hybridized carbons (Fsp3) is 0.111. The number of fused-ring (bicyclic) bond motifs is 3. The Morgan fingerprint density at radius 2 is 1.14 bits per heavy atom. The Hall–Kier alpha value is -2.10. The number of rotatable bonds is 4. The molecule has 0 nitrogen and oxygen atoms in total. The first-order chi connectivity index (χ1) is 14.2. The monoisotopic (exact) mass is 506 g/mol.